The summed E-state index contributed by atoms with van der Waals surface area (Å²) in [5.74, 6) is -0.749. The molecule has 2 N–H and O–H groups in total. The fraction of sp³-hybridized carbons (Fsp3) is 0.0526. The number of Topliss-reactive ketones (excluding diaryl/α,β-unsaturated/α-hetero) is 1. The standard InChI is InChI=1S/C19H15N3O4/c1-12(23)13-7-9-14(10-8-13)21-17(24)16-11-20-19(26)22(18(16)25)15-5-3-2-4-6-15/h2-11H,1H3,(H,20,26)(H,21,24). The topological polar surface area (TPSA) is 101 Å². The molecule has 0 saturated heterocycles. The highest BCUT2D eigenvalue weighted by molar-refractivity contribution is 6.04. The van der Waals surface area contributed by atoms with E-state index in [2.05, 4.69) is 10.3 Å². The van der Waals surface area contributed by atoms with E-state index in [1.54, 1.807) is 54.6 Å². The first-order valence-corrected chi connectivity index (χ1v) is 7.80. The first-order chi connectivity index (χ1) is 12.5. The lowest BCUT2D eigenvalue weighted by Crippen LogP contribution is -2.38. The molecule has 0 unspecified atom stereocenters. The molecule has 0 aliphatic carbocycles. The summed E-state index contributed by atoms with van der Waals surface area (Å²) in [4.78, 5) is 50.7. The van der Waals surface area contributed by atoms with Crippen LogP contribution in [0.5, 0.6) is 0 Å². The van der Waals surface area contributed by atoms with Gasteiger partial charge in [-0.2, -0.15) is 0 Å². The van der Waals surface area contributed by atoms with E-state index < -0.39 is 17.2 Å². The Labute approximate surface area is 147 Å². The fourth-order valence-electron chi connectivity index (χ4n) is 2.43. The number of para-hydroxylation sites is 1. The van der Waals surface area contributed by atoms with Crippen LogP contribution < -0.4 is 16.6 Å². The molecule has 0 bridgehead atoms. The number of H-pyrrole nitrogens is 1. The second-order valence-electron chi connectivity index (χ2n) is 5.57. The molecule has 2 aromatic carbocycles. The Morgan fingerprint density at radius 3 is 2.23 bits per heavy atom. The highest BCUT2D eigenvalue weighted by Crippen LogP contribution is 2.11. The molecular formula is C19H15N3O4. The second-order valence-corrected chi connectivity index (χ2v) is 5.57. The SMILES string of the molecule is CC(=O)c1ccc(NC(=O)c2c[nH]c(=O)n(-c3ccccc3)c2=O)cc1. The van der Waals surface area contributed by atoms with E-state index in [0.717, 1.165) is 10.8 Å². The number of anilines is 1. The van der Waals surface area contributed by atoms with Gasteiger partial charge in [0.25, 0.3) is 11.5 Å². The van der Waals surface area contributed by atoms with Gasteiger partial charge in [-0.15, -0.1) is 0 Å². The Hall–Kier alpha value is -3.74. The van der Waals surface area contributed by atoms with Crippen LogP contribution in [0.2, 0.25) is 0 Å². The van der Waals surface area contributed by atoms with Crippen LogP contribution in [0.4, 0.5) is 5.69 Å². The highest BCUT2D eigenvalue weighted by Gasteiger charge is 2.16. The number of carbonyl (C=O) groups is 2. The molecule has 0 fully saturated rings. The van der Waals surface area contributed by atoms with Crippen molar-refractivity contribution in [1.82, 2.24) is 9.55 Å². The zero-order chi connectivity index (χ0) is 18.7. The van der Waals surface area contributed by atoms with Crippen LogP contribution in [0.1, 0.15) is 27.6 Å². The number of hydrogen-bond donors (Lipinski definition) is 2. The number of carbonyl (C=O) groups excluding carboxylic acids is 2. The summed E-state index contributed by atoms with van der Waals surface area (Å²) in [6.45, 7) is 1.44. The van der Waals surface area contributed by atoms with Gasteiger partial charge in [0, 0.05) is 17.4 Å². The normalized spacial score (nSPS) is 10.3. The summed E-state index contributed by atoms with van der Waals surface area (Å²) in [5, 5.41) is 2.58. The number of nitrogens with zero attached hydrogens (tertiary/aromatic N) is 1. The largest absolute Gasteiger partial charge is 0.333 e. The van der Waals surface area contributed by atoms with Crippen LogP contribution in [0.3, 0.4) is 0 Å². The van der Waals surface area contributed by atoms with Crippen LogP contribution in [0.15, 0.2) is 70.4 Å². The van der Waals surface area contributed by atoms with Gasteiger partial charge in [-0.25, -0.2) is 9.36 Å². The first-order valence-electron chi connectivity index (χ1n) is 7.80. The molecule has 1 amide bonds. The number of hydrogen-bond acceptors (Lipinski definition) is 4. The third-order valence-corrected chi connectivity index (χ3v) is 3.78. The molecule has 1 aromatic heterocycles. The Morgan fingerprint density at radius 2 is 1.62 bits per heavy atom. The van der Waals surface area contributed by atoms with E-state index in [1.165, 1.54) is 6.92 Å². The van der Waals surface area contributed by atoms with E-state index >= 15 is 0 Å². The minimum Gasteiger partial charge on any atom is -0.322 e. The summed E-state index contributed by atoms with van der Waals surface area (Å²) in [6, 6.07) is 14.6. The number of aromatic amines is 1. The van der Waals surface area contributed by atoms with Crippen LogP contribution in [-0.2, 0) is 0 Å². The van der Waals surface area contributed by atoms with Crippen molar-refractivity contribution < 1.29 is 9.59 Å². The monoisotopic (exact) mass is 349 g/mol. The summed E-state index contributed by atoms with van der Waals surface area (Å²) in [7, 11) is 0. The van der Waals surface area contributed by atoms with Crippen LogP contribution in [-0.4, -0.2) is 21.2 Å². The number of amides is 1. The van der Waals surface area contributed by atoms with Crippen molar-refractivity contribution in [1.29, 1.82) is 0 Å². The molecule has 130 valence electrons. The number of ketones is 1. The van der Waals surface area contributed by atoms with Crippen molar-refractivity contribution in [2.45, 2.75) is 6.92 Å². The molecular weight excluding hydrogens is 334 g/mol. The van der Waals surface area contributed by atoms with Crippen LogP contribution >= 0.6 is 0 Å². The van der Waals surface area contributed by atoms with E-state index in [9.17, 15) is 19.2 Å². The maximum absolute atomic E-state index is 12.6. The van der Waals surface area contributed by atoms with E-state index in [0.29, 0.717) is 16.9 Å². The number of aromatic nitrogens is 2. The van der Waals surface area contributed by atoms with Crippen LogP contribution in [0, 0.1) is 0 Å². The maximum atomic E-state index is 12.6. The summed E-state index contributed by atoms with van der Waals surface area (Å²) in [5.41, 5.74) is -0.264. The van der Waals surface area contributed by atoms with Crippen molar-refractivity contribution in [2.24, 2.45) is 0 Å². The van der Waals surface area contributed by atoms with Crippen molar-refractivity contribution in [2.75, 3.05) is 5.32 Å². The zero-order valence-electron chi connectivity index (χ0n) is 13.9. The molecule has 0 atom stereocenters. The molecule has 1 heterocycles. The van der Waals surface area contributed by atoms with Gasteiger partial charge in [-0.05, 0) is 43.3 Å². The van der Waals surface area contributed by atoms with Crippen molar-refractivity contribution >= 4 is 17.4 Å². The number of rotatable bonds is 4. The highest BCUT2D eigenvalue weighted by atomic mass is 16.2. The number of benzene rings is 2. The van der Waals surface area contributed by atoms with E-state index in [-0.39, 0.29) is 11.3 Å². The molecule has 3 rings (SSSR count). The van der Waals surface area contributed by atoms with Crippen molar-refractivity contribution in [3.8, 4) is 5.69 Å². The summed E-state index contributed by atoms with van der Waals surface area (Å²) < 4.78 is 0.897. The molecule has 0 radical (unpaired) electrons. The molecule has 0 aliphatic heterocycles. The molecule has 0 aliphatic rings. The van der Waals surface area contributed by atoms with Gasteiger partial charge in [0.2, 0.25) is 0 Å². The van der Waals surface area contributed by atoms with E-state index in [1.807, 2.05) is 0 Å². The molecule has 26 heavy (non-hydrogen) atoms. The van der Waals surface area contributed by atoms with Crippen LogP contribution in [0.25, 0.3) is 5.69 Å². The smallest absolute Gasteiger partial charge is 0.322 e. The van der Waals surface area contributed by atoms with Gasteiger partial charge in [-0.3, -0.25) is 14.4 Å². The number of nitrogens with one attached hydrogen (secondary N) is 2. The van der Waals surface area contributed by atoms with Gasteiger partial charge in [0.05, 0.1) is 5.69 Å². The Kier molecular flexibility index (Phi) is 4.62. The lowest BCUT2D eigenvalue weighted by atomic mass is 10.1. The zero-order valence-corrected chi connectivity index (χ0v) is 13.9. The Bertz CT molecular complexity index is 1080. The predicted octanol–water partition coefficient (Wildman–Crippen LogP) is 1.98. The van der Waals surface area contributed by atoms with Crippen molar-refractivity contribution in [3.05, 3.63) is 92.8 Å². The van der Waals surface area contributed by atoms with Gasteiger partial charge < -0.3 is 10.3 Å². The van der Waals surface area contributed by atoms with Gasteiger partial charge >= 0.3 is 5.69 Å². The van der Waals surface area contributed by atoms with Gasteiger partial charge in [-0.1, -0.05) is 18.2 Å². The Balaban J connectivity index is 1.94. The van der Waals surface area contributed by atoms with E-state index in [4.69, 9.17) is 0 Å². The average molecular weight is 349 g/mol. The molecule has 7 heteroatoms. The molecule has 0 spiro atoms. The quantitative estimate of drug-likeness (QED) is 0.703. The second kappa shape index (κ2) is 7.02. The summed E-state index contributed by atoms with van der Waals surface area (Å²) >= 11 is 0. The maximum Gasteiger partial charge on any atom is 0.333 e. The van der Waals surface area contributed by atoms with Crippen molar-refractivity contribution in [3.63, 3.8) is 0 Å². The van der Waals surface area contributed by atoms with Gasteiger partial charge in [0.1, 0.15) is 5.56 Å². The first kappa shape index (κ1) is 17.1. The third-order valence-electron chi connectivity index (χ3n) is 3.78. The summed E-state index contributed by atoms with van der Waals surface area (Å²) in [6.07, 6.45) is 1.09. The average Bonchev–Trinajstić information content (AvgIpc) is 2.63. The fourth-order valence-corrected chi connectivity index (χ4v) is 2.43. The predicted molar refractivity (Wildman–Crippen MR) is 97.1 cm³/mol. The minimum absolute atomic E-state index is 0.0886. The Morgan fingerprint density at radius 1 is 0.962 bits per heavy atom. The van der Waals surface area contributed by atoms with Gasteiger partial charge in [0.15, 0.2) is 5.78 Å². The minimum atomic E-state index is -0.724. The molecule has 3 aromatic rings. The third kappa shape index (κ3) is 3.36. The lowest BCUT2D eigenvalue weighted by Gasteiger charge is -2.08. The molecule has 0 saturated carbocycles. The molecule has 7 nitrogen and oxygen atoms in total. The lowest BCUT2D eigenvalue weighted by molar-refractivity contribution is 0.101.